The summed E-state index contributed by atoms with van der Waals surface area (Å²) in [7, 11) is 0. The van der Waals surface area contributed by atoms with Gasteiger partial charge in [-0.3, -0.25) is 9.69 Å². The molecular formula is C19H26N4O. The van der Waals surface area contributed by atoms with E-state index in [0.29, 0.717) is 6.54 Å². The first-order chi connectivity index (χ1) is 11.7. The molecular weight excluding hydrogens is 300 g/mol. The number of aromatic nitrogens is 2. The van der Waals surface area contributed by atoms with Crippen LogP contribution in [0.15, 0.2) is 36.7 Å². The van der Waals surface area contributed by atoms with E-state index in [9.17, 15) is 4.79 Å². The molecule has 0 spiro atoms. The van der Waals surface area contributed by atoms with Crippen LogP contribution >= 0.6 is 0 Å². The molecule has 5 heteroatoms. The first-order valence-electron chi connectivity index (χ1n) is 8.77. The molecule has 0 bridgehead atoms. The minimum absolute atomic E-state index is 0.104. The van der Waals surface area contributed by atoms with Crippen LogP contribution in [0.25, 0.3) is 0 Å². The Morgan fingerprint density at radius 3 is 2.92 bits per heavy atom. The maximum atomic E-state index is 12.5. The van der Waals surface area contributed by atoms with Crippen molar-refractivity contribution < 1.29 is 4.79 Å². The SMILES string of the molecule is CCc1nccn1CCNC(=O)C(C)N1CCc2ccccc2C1. The number of aryl methyl sites for hydroxylation is 1. The second-order valence-corrected chi connectivity index (χ2v) is 6.35. The van der Waals surface area contributed by atoms with Crippen LogP contribution in [0.1, 0.15) is 30.8 Å². The number of amides is 1. The normalized spacial score (nSPS) is 15.8. The van der Waals surface area contributed by atoms with Crippen molar-refractivity contribution in [2.45, 2.75) is 45.8 Å². The van der Waals surface area contributed by atoms with Gasteiger partial charge in [0.1, 0.15) is 5.82 Å². The predicted octanol–water partition coefficient (Wildman–Crippen LogP) is 2.01. The summed E-state index contributed by atoms with van der Waals surface area (Å²) in [5.74, 6) is 1.16. The molecule has 0 saturated carbocycles. The number of nitrogens with zero attached hydrogens (tertiary/aromatic N) is 3. The maximum absolute atomic E-state index is 12.5. The summed E-state index contributed by atoms with van der Waals surface area (Å²) >= 11 is 0. The van der Waals surface area contributed by atoms with Gasteiger partial charge >= 0.3 is 0 Å². The second-order valence-electron chi connectivity index (χ2n) is 6.35. The third-order valence-corrected chi connectivity index (χ3v) is 4.86. The van der Waals surface area contributed by atoms with Crippen LogP contribution in [0.5, 0.6) is 0 Å². The molecule has 0 fully saturated rings. The molecule has 24 heavy (non-hydrogen) atoms. The van der Waals surface area contributed by atoms with Crippen LogP contribution in [0.2, 0.25) is 0 Å². The third-order valence-electron chi connectivity index (χ3n) is 4.86. The van der Waals surface area contributed by atoms with Crippen LogP contribution in [0.4, 0.5) is 0 Å². The van der Waals surface area contributed by atoms with E-state index >= 15 is 0 Å². The van der Waals surface area contributed by atoms with Gasteiger partial charge in [-0.05, 0) is 24.5 Å². The molecule has 0 aliphatic carbocycles. The summed E-state index contributed by atoms with van der Waals surface area (Å²) in [6.07, 6.45) is 5.71. The van der Waals surface area contributed by atoms with Gasteiger partial charge in [-0.15, -0.1) is 0 Å². The number of hydrogen-bond donors (Lipinski definition) is 1. The number of carbonyl (C=O) groups excluding carboxylic acids is 1. The molecule has 1 aliphatic rings. The van der Waals surface area contributed by atoms with Gasteiger partial charge in [-0.2, -0.15) is 0 Å². The predicted molar refractivity (Wildman–Crippen MR) is 94.6 cm³/mol. The topological polar surface area (TPSA) is 50.2 Å². The lowest BCUT2D eigenvalue weighted by atomic mass is 9.99. The molecule has 2 heterocycles. The summed E-state index contributed by atoms with van der Waals surface area (Å²) in [5.41, 5.74) is 2.75. The molecule has 1 aromatic carbocycles. The number of fused-ring (bicyclic) bond motifs is 1. The van der Waals surface area contributed by atoms with Gasteiger partial charge in [0.25, 0.3) is 0 Å². The first kappa shape index (κ1) is 16.7. The minimum Gasteiger partial charge on any atom is -0.353 e. The number of rotatable bonds is 6. The van der Waals surface area contributed by atoms with Crippen LogP contribution < -0.4 is 5.32 Å². The lowest BCUT2D eigenvalue weighted by molar-refractivity contribution is -0.126. The highest BCUT2D eigenvalue weighted by Crippen LogP contribution is 2.20. The Morgan fingerprint density at radius 1 is 1.33 bits per heavy atom. The Morgan fingerprint density at radius 2 is 2.12 bits per heavy atom. The minimum atomic E-state index is -0.105. The van der Waals surface area contributed by atoms with E-state index in [0.717, 1.165) is 38.3 Å². The van der Waals surface area contributed by atoms with Crippen molar-refractivity contribution in [3.63, 3.8) is 0 Å². The zero-order valence-corrected chi connectivity index (χ0v) is 14.5. The highest BCUT2D eigenvalue weighted by atomic mass is 16.2. The average Bonchev–Trinajstić information content (AvgIpc) is 3.08. The molecule has 0 saturated heterocycles. The van der Waals surface area contributed by atoms with E-state index in [2.05, 4.69) is 51.0 Å². The van der Waals surface area contributed by atoms with Crippen molar-refractivity contribution in [2.24, 2.45) is 0 Å². The molecule has 1 unspecified atom stereocenters. The Bertz CT molecular complexity index is 694. The molecule has 1 N–H and O–H groups in total. The molecule has 3 rings (SSSR count). The summed E-state index contributed by atoms with van der Waals surface area (Å²) in [6, 6.07) is 8.41. The second kappa shape index (κ2) is 7.62. The molecule has 2 aromatic rings. The van der Waals surface area contributed by atoms with Gasteiger partial charge in [0.2, 0.25) is 5.91 Å². The number of carbonyl (C=O) groups is 1. The Kier molecular flexibility index (Phi) is 5.30. The average molecular weight is 326 g/mol. The summed E-state index contributed by atoms with van der Waals surface area (Å²) in [6.45, 7) is 7.28. The number of hydrogen-bond acceptors (Lipinski definition) is 3. The van der Waals surface area contributed by atoms with Crippen molar-refractivity contribution in [2.75, 3.05) is 13.1 Å². The molecule has 5 nitrogen and oxygen atoms in total. The van der Waals surface area contributed by atoms with Gasteiger partial charge in [0.05, 0.1) is 6.04 Å². The van der Waals surface area contributed by atoms with Gasteiger partial charge in [0, 0.05) is 45.0 Å². The van der Waals surface area contributed by atoms with E-state index < -0.39 is 0 Å². The Hall–Kier alpha value is -2.14. The van der Waals surface area contributed by atoms with Crippen LogP contribution in [-0.4, -0.2) is 39.5 Å². The number of imidazole rings is 1. The monoisotopic (exact) mass is 326 g/mol. The molecule has 0 radical (unpaired) electrons. The molecule has 1 atom stereocenters. The summed E-state index contributed by atoms with van der Waals surface area (Å²) in [5, 5.41) is 3.06. The van der Waals surface area contributed by atoms with E-state index in [-0.39, 0.29) is 11.9 Å². The van der Waals surface area contributed by atoms with Crippen molar-refractivity contribution in [1.29, 1.82) is 0 Å². The van der Waals surface area contributed by atoms with Crippen molar-refractivity contribution >= 4 is 5.91 Å². The number of nitrogens with one attached hydrogen (secondary N) is 1. The quantitative estimate of drug-likeness (QED) is 0.883. The fourth-order valence-corrected chi connectivity index (χ4v) is 3.32. The van der Waals surface area contributed by atoms with Crippen molar-refractivity contribution in [1.82, 2.24) is 19.8 Å². The van der Waals surface area contributed by atoms with E-state index in [4.69, 9.17) is 0 Å². The van der Waals surface area contributed by atoms with Crippen LogP contribution in [0.3, 0.4) is 0 Å². The standard InChI is InChI=1S/C19H26N4O/c1-3-18-20-9-12-22(18)13-10-21-19(24)15(2)23-11-8-16-6-4-5-7-17(16)14-23/h4-7,9,12,15H,3,8,10-11,13-14H2,1-2H3,(H,21,24). The van der Waals surface area contributed by atoms with Crippen LogP contribution in [-0.2, 0) is 30.7 Å². The summed E-state index contributed by atoms with van der Waals surface area (Å²) < 4.78 is 2.10. The molecule has 1 aromatic heterocycles. The van der Waals surface area contributed by atoms with Gasteiger partial charge in [-0.25, -0.2) is 4.98 Å². The third kappa shape index (κ3) is 3.67. The van der Waals surface area contributed by atoms with E-state index in [1.165, 1.54) is 11.1 Å². The van der Waals surface area contributed by atoms with E-state index in [1.807, 2.05) is 19.3 Å². The van der Waals surface area contributed by atoms with Gasteiger partial charge < -0.3 is 9.88 Å². The molecule has 1 amide bonds. The van der Waals surface area contributed by atoms with Crippen molar-refractivity contribution in [3.8, 4) is 0 Å². The zero-order chi connectivity index (χ0) is 16.9. The highest BCUT2D eigenvalue weighted by molar-refractivity contribution is 5.81. The molecule has 1 aliphatic heterocycles. The maximum Gasteiger partial charge on any atom is 0.237 e. The Labute approximate surface area is 143 Å². The lowest BCUT2D eigenvalue weighted by Gasteiger charge is -2.32. The largest absolute Gasteiger partial charge is 0.353 e. The number of benzene rings is 1. The van der Waals surface area contributed by atoms with Crippen molar-refractivity contribution in [3.05, 3.63) is 53.6 Å². The molecule has 128 valence electrons. The van der Waals surface area contributed by atoms with Crippen LogP contribution in [0, 0.1) is 0 Å². The fourth-order valence-electron chi connectivity index (χ4n) is 3.32. The fraction of sp³-hybridized carbons (Fsp3) is 0.474. The van der Waals surface area contributed by atoms with E-state index in [1.54, 1.807) is 0 Å². The van der Waals surface area contributed by atoms with Gasteiger partial charge in [0.15, 0.2) is 0 Å². The highest BCUT2D eigenvalue weighted by Gasteiger charge is 2.24. The Balaban J connectivity index is 1.50. The smallest absolute Gasteiger partial charge is 0.237 e. The lowest BCUT2D eigenvalue weighted by Crippen LogP contribution is -2.47. The zero-order valence-electron chi connectivity index (χ0n) is 14.5. The van der Waals surface area contributed by atoms with Gasteiger partial charge in [-0.1, -0.05) is 31.2 Å². The summed E-state index contributed by atoms with van der Waals surface area (Å²) in [4.78, 5) is 19.0. The first-order valence-corrected chi connectivity index (χ1v) is 8.77.